The Bertz CT molecular complexity index is 1150. The molecule has 30 heavy (non-hydrogen) atoms. The van der Waals surface area contributed by atoms with E-state index in [1.807, 2.05) is 24.3 Å². The van der Waals surface area contributed by atoms with Gasteiger partial charge in [0.15, 0.2) is 15.8 Å². The maximum absolute atomic E-state index is 12.5. The normalized spacial score (nSPS) is 10.9. The predicted molar refractivity (Wildman–Crippen MR) is 114 cm³/mol. The Balaban J connectivity index is 1.51. The summed E-state index contributed by atoms with van der Waals surface area (Å²) >= 11 is 2.89. The molecule has 0 amide bonds. The van der Waals surface area contributed by atoms with Crippen molar-refractivity contribution in [1.29, 1.82) is 0 Å². The molecule has 10 heteroatoms. The highest BCUT2D eigenvalue weighted by molar-refractivity contribution is 8.01. The molecule has 0 N–H and O–H groups in total. The van der Waals surface area contributed by atoms with E-state index < -0.39 is 0 Å². The van der Waals surface area contributed by atoms with Crippen molar-refractivity contribution in [3.8, 4) is 28.7 Å². The molecule has 0 saturated heterocycles. The number of ether oxygens (including phenoxy) is 3. The van der Waals surface area contributed by atoms with Crippen LogP contribution in [0.15, 0.2) is 45.2 Å². The summed E-state index contributed by atoms with van der Waals surface area (Å²) in [4.78, 5) is 17.0. The first-order valence-corrected chi connectivity index (χ1v) is 10.6. The fourth-order valence-electron chi connectivity index (χ4n) is 2.76. The van der Waals surface area contributed by atoms with Gasteiger partial charge in [0.2, 0.25) is 17.4 Å². The molecule has 154 valence electrons. The number of thioether (sulfide) groups is 1. The number of carbonyl (C=O) groups is 1. The molecule has 4 aromatic rings. The van der Waals surface area contributed by atoms with E-state index in [2.05, 4.69) is 15.2 Å². The summed E-state index contributed by atoms with van der Waals surface area (Å²) < 4.78 is 23.5. The van der Waals surface area contributed by atoms with Gasteiger partial charge in [0.05, 0.1) is 37.3 Å². The predicted octanol–water partition coefficient (Wildman–Crippen LogP) is 4.35. The topological polar surface area (TPSA) is 96.6 Å². The summed E-state index contributed by atoms with van der Waals surface area (Å²) in [5.74, 6) is 1.34. The van der Waals surface area contributed by atoms with Crippen molar-refractivity contribution >= 4 is 39.1 Å². The molecule has 8 nitrogen and oxygen atoms in total. The van der Waals surface area contributed by atoms with E-state index in [0.717, 1.165) is 14.6 Å². The maximum Gasteiger partial charge on any atom is 0.285 e. The summed E-state index contributed by atoms with van der Waals surface area (Å²) in [6.07, 6.45) is 0. The van der Waals surface area contributed by atoms with Crippen LogP contribution in [-0.2, 0) is 0 Å². The number of ketones is 1. The quantitative estimate of drug-likeness (QED) is 0.291. The third kappa shape index (κ3) is 3.96. The zero-order valence-electron chi connectivity index (χ0n) is 16.4. The zero-order valence-corrected chi connectivity index (χ0v) is 18.0. The molecule has 0 aliphatic carbocycles. The highest BCUT2D eigenvalue weighted by Crippen LogP contribution is 2.41. The minimum absolute atomic E-state index is 0.0626. The van der Waals surface area contributed by atoms with Crippen molar-refractivity contribution in [1.82, 2.24) is 15.2 Å². The van der Waals surface area contributed by atoms with Crippen LogP contribution in [-0.4, -0.2) is 48.0 Å². The lowest BCUT2D eigenvalue weighted by molar-refractivity contribution is 0.0986. The van der Waals surface area contributed by atoms with Crippen LogP contribution in [0.25, 0.3) is 21.7 Å². The van der Waals surface area contributed by atoms with Gasteiger partial charge >= 0.3 is 0 Å². The van der Waals surface area contributed by atoms with Crippen LogP contribution in [0.2, 0.25) is 0 Å². The number of para-hydroxylation sites is 1. The molecular weight excluding hydrogens is 426 g/mol. The number of aromatic nitrogens is 3. The number of thiazole rings is 1. The number of rotatable bonds is 8. The van der Waals surface area contributed by atoms with E-state index in [1.165, 1.54) is 33.1 Å². The van der Waals surface area contributed by atoms with Gasteiger partial charge in [-0.2, -0.15) is 0 Å². The lowest BCUT2D eigenvalue weighted by Gasteiger charge is -2.12. The number of methoxy groups -OCH3 is 3. The molecular formula is C20H17N3O5S2. The lowest BCUT2D eigenvalue weighted by atomic mass is 10.2. The van der Waals surface area contributed by atoms with Crippen LogP contribution >= 0.6 is 23.1 Å². The third-order valence-corrected chi connectivity index (χ3v) is 6.36. The van der Waals surface area contributed by atoms with Gasteiger partial charge in [-0.15, -0.1) is 21.5 Å². The second-order valence-corrected chi connectivity index (χ2v) is 8.24. The molecule has 0 aliphatic rings. The maximum atomic E-state index is 12.5. The average Bonchev–Trinajstić information content (AvgIpc) is 3.43. The van der Waals surface area contributed by atoms with Gasteiger partial charge < -0.3 is 18.6 Å². The number of hydrogen-bond acceptors (Lipinski definition) is 10. The van der Waals surface area contributed by atoms with Crippen molar-refractivity contribution in [3.63, 3.8) is 0 Å². The first-order valence-electron chi connectivity index (χ1n) is 8.78. The second kappa shape index (κ2) is 8.72. The smallest absolute Gasteiger partial charge is 0.285 e. The van der Waals surface area contributed by atoms with E-state index in [4.69, 9.17) is 18.6 Å². The summed E-state index contributed by atoms with van der Waals surface area (Å²) in [6.45, 7) is 0. The van der Waals surface area contributed by atoms with Gasteiger partial charge in [-0.25, -0.2) is 4.98 Å². The molecule has 0 spiro atoms. The number of Topliss-reactive ketones (excluding diaryl/α,β-unsaturated/α-hetero) is 1. The average molecular weight is 444 g/mol. The van der Waals surface area contributed by atoms with Gasteiger partial charge in [-0.1, -0.05) is 23.9 Å². The van der Waals surface area contributed by atoms with Crippen LogP contribution < -0.4 is 14.2 Å². The second-order valence-electron chi connectivity index (χ2n) is 5.99. The van der Waals surface area contributed by atoms with Gasteiger partial charge in [-0.05, 0) is 24.3 Å². The van der Waals surface area contributed by atoms with Gasteiger partial charge in [0.1, 0.15) is 0 Å². The van der Waals surface area contributed by atoms with Crippen molar-refractivity contribution < 1.29 is 23.4 Å². The van der Waals surface area contributed by atoms with Crippen molar-refractivity contribution in [3.05, 3.63) is 42.3 Å². The first kappa shape index (κ1) is 20.2. The Morgan fingerprint density at radius 2 is 1.80 bits per heavy atom. The van der Waals surface area contributed by atoms with Crippen LogP contribution in [0.4, 0.5) is 0 Å². The molecule has 0 atom stereocenters. The molecule has 2 aromatic heterocycles. The number of nitrogens with zero attached hydrogens (tertiary/aromatic N) is 3. The minimum Gasteiger partial charge on any atom is -0.493 e. The van der Waals surface area contributed by atoms with Crippen LogP contribution in [0.5, 0.6) is 17.2 Å². The molecule has 2 aromatic carbocycles. The Morgan fingerprint density at radius 3 is 2.47 bits per heavy atom. The van der Waals surface area contributed by atoms with Gasteiger partial charge in [0, 0.05) is 5.56 Å². The van der Waals surface area contributed by atoms with Gasteiger partial charge in [0.25, 0.3) is 5.89 Å². The monoisotopic (exact) mass is 443 g/mol. The van der Waals surface area contributed by atoms with Gasteiger partial charge in [-0.3, -0.25) is 4.79 Å². The fraction of sp³-hybridized carbons (Fsp3) is 0.200. The highest BCUT2D eigenvalue weighted by atomic mass is 32.2. The van der Waals surface area contributed by atoms with E-state index in [1.54, 1.807) is 23.5 Å². The molecule has 0 saturated carbocycles. The molecule has 0 fully saturated rings. The number of benzene rings is 2. The largest absolute Gasteiger partial charge is 0.493 e. The van der Waals surface area contributed by atoms with E-state index in [-0.39, 0.29) is 23.3 Å². The Hall–Kier alpha value is -3.11. The Kier molecular flexibility index (Phi) is 5.86. The van der Waals surface area contributed by atoms with Crippen LogP contribution in [0.3, 0.4) is 0 Å². The van der Waals surface area contributed by atoms with Crippen LogP contribution in [0.1, 0.15) is 10.7 Å². The molecule has 4 rings (SSSR count). The Morgan fingerprint density at radius 1 is 1.07 bits per heavy atom. The lowest BCUT2D eigenvalue weighted by Crippen LogP contribution is -2.02. The number of carbonyl (C=O) groups excluding carboxylic acids is 1. The zero-order chi connectivity index (χ0) is 21.1. The summed E-state index contributed by atoms with van der Waals surface area (Å²) in [6, 6.07) is 11.2. The summed E-state index contributed by atoms with van der Waals surface area (Å²) in [7, 11) is 4.55. The van der Waals surface area contributed by atoms with E-state index in [9.17, 15) is 4.79 Å². The summed E-state index contributed by atoms with van der Waals surface area (Å²) in [5.41, 5.74) is 1.47. The SMILES string of the molecule is COc1cc(-c2nnc(C(=O)CSc3nc4ccccc4s3)o2)cc(OC)c1OC. The number of hydrogen-bond donors (Lipinski definition) is 0. The Labute approximate surface area is 180 Å². The first-order chi connectivity index (χ1) is 14.6. The fourth-order valence-corrected chi connectivity index (χ4v) is 4.68. The molecule has 0 bridgehead atoms. The van der Waals surface area contributed by atoms with Crippen molar-refractivity contribution in [2.24, 2.45) is 0 Å². The standard InChI is InChI=1S/C20H17N3O5S2/c1-25-14-8-11(9-15(26-2)17(14)27-3)18-22-23-19(28-18)13(24)10-29-20-21-12-6-4-5-7-16(12)30-20/h4-9H,10H2,1-3H3. The van der Waals surface area contributed by atoms with Crippen molar-refractivity contribution in [2.75, 3.05) is 27.1 Å². The highest BCUT2D eigenvalue weighted by Gasteiger charge is 2.20. The van der Waals surface area contributed by atoms with Crippen molar-refractivity contribution in [2.45, 2.75) is 4.34 Å². The number of fused-ring (bicyclic) bond motifs is 1. The molecule has 0 aliphatic heterocycles. The molecule has 0 radical (unpaired) electrons. The van der Waals surface area contributed by atoms with Crippen LogP contribution in [0, 0.1) is 0 Å². The third-order valence-electron chi connectivity index (χ3n) is 4.18. The summed E-state index contributed by atoms with van der Waals surface area (Å²) in [5, 5.41) is 7.88. The molecule has 0 unspecified atom stereocenters. The minimum atomic E-state index is -0.273. The molecule has 2 heterocycles. The van der Waals surface area contributed by atoms with E-state index in [0.29, 0.717) is 22.8 Å². The van der Waals surface area contributed by atoms with E-state index >= 15 is 0 Å².